The van der Waals surface area contributed by atoms with Crippen molar-refractivity contribution in [2.45, 2.75) is 38.5 Å². The molecule has 6 heteroatoms. The molecular weight excluding hydrogens is 272 g/mol. The van der Waals surface area contributed by atoms with Crippen LogP contribution >= 0.6 is 12.4 Å². The second-order valence-corrected chi connectivity index (χ2v) is 7.54. The summed E-state index contributed by atoms with van der Waals surface area (Å²) in [6, 6.07) is 0. The Labute approximate surface area is 117 Å². The molecule has 18 heavy (non-hydrogen) atoms. The first-order valence-corrected chi connectivity index (χ1v) is 8.40. The smallest absolute Gasteiger partial charge is 0.214 e. The largest absolute Gasteiger partial charge is 0.330 e. The lowest BCUT2D eigenvalue weighted by Crippen LogP contribution is -2.43. The molecule has 1 atom stereocenters. The maximum absolute atomic E-state index is 12.3. The number of nitrogens with two attached hydrogens (primary N) is 1. The van der Waals surface area contributed by atoms with Gasteiger partial charge in [0, 0.05) is 13.1 Å². The van der Waals surface area contributed by atoms with Gasteiger partial charge in [-0.1, -0.05) is 12.8 Å². The van der Waals surface area contributed by atoms with Crippen LogP contribution in [0.25, 0.3) is 0 Å². The van der Waals surface area contributed by atoms with Gasteiger partial charge in [0.25, 0.3) is 0 Å². The van der Waals surface area contributed by atoms with Crippen molar-refractivity contribution in [2.75, 3.05) is 25.4 Å². The highest BCUT2D eigenvalue weighted by molar-refractivity contribution is 7.89. The van der Waals surface area contributed by atoms with E-state index in [1.165, 1.54) is 12.8 Å². The maximum Gasteiger partial charge on any atom is 0.214 e. The Hall–Kier alpha value is 0.160. The first kappa shape index (κ1) is 16.2. The first-order valence-electron chi connectivity index (χ1n) is 6.79. The summed E-state index contributed by atoms with van der Waals surface area (Å²) < 4.78 is 26.3. The predicted octanol–water partition coefficient (Wildman–Crippen LogP) is 1.60. The van der Waals surface area contributed by atoms with Gasteiger partial charge in [-0.05, 0) is 44.1 Å². The maximum atomic E-state index is 12.3. The van der Waals surface area contributed by atoms with Crippen molar-refractivity contribution in [1.29, 1.82) is 0 Å². The number of piperidine rings is 1. The molecule has 1 saturated carbocycles. The lowest BCUT2D eigenvalue weighted by atomic mass is 10.0. The summed E-state index contributed by atoms with van der Waals surface area (Å²) >= 11 is 0. The summed E-state index contributed by atoms with van der Waals surface area (Å²) in [6.45, 7) is 1.95. The summed E-state index contributed by atoms with van der Waals surface area (Å²) in [4.78, 5) is 0. The molecule has 108 valence electrons. The van der Waals surface area contributed by atoms with Crippen molar-refractivity contribution in [3.63, 3.8) is 0 Å². The van der Waals surface area contributed by atoms with Gasteiger partial charge in [-0.25, -0.2) is 12.7 Å². The molecule has 1 unspecified atom stereocenters. The highest BCUT2D eigenvalue weighted by Gasteiger charge is 2.31. The molecule has 0 spiro atoms. The predicted molar refractivity (Wildman–Crippen MR) is 76.3 cm³/mol. The summed E-state index contributed by atoms with van der Waals surface area (Å²) in [5, 5.41) is 0. The average Bonchev–Trinajstić information content (AvgIpc) is 2.81. The van der Waals surface area contributed by atoms with Gasteiger partial charge in [0.2, 0.25) is 10.0 Å². The van der Waals surface area contributed by atoms with Crippen molar-refractivity contribution >= 4 is 22.4 Å². The third-order valence-corrected chi connectivity index (χ3v) is 6.14. The van der Waals surface area contributed by atoms with Crippen molar-refractivity contribution < 1.29 is 8.42 Å². The van der Waals surface area contributed by atoms with Crippen LogP contribution in [-0.2, 0) is 10.0 Å². The number of nitrogens with zero attached hydrogens (tertiary/aromatic N) is 1. The summed E-state index contributed by atoms with van der Waals surface area (Å²) in [5.74, 6) is 1.13. The SMILES string of the molecule is Cl.NCC1CCCN(S(=O)(=O)CC2CCCC2)C1. The highest BCUT2D eigenvalue weighted by atomic mass is 35.5. The van der Waals surface area contributed by atoms with E-state index in [0.717, 1.165) is 25.7 Å². The average molecular weight is 297 g/mol. The Bertz CT molecular complexity index is 342. The van der Waals surface area contributed by atoms with E-state index in [1.54, 1.807) is 4.31 Å². The number of sulfonamides is 1. The van der Waals surface area contributed by atoms with Crippen molar-refractivity contribution in [3.8, 4) is 0 Å². The number of hydrogen-bond acceptors (Lipinski definition) is 3. The van der Waals surface area contributed by atoms with Crippen LogP contribution in [0.4, 0.5) is 0 Å². The van der Waals surface area contributed by atoms with Crippen molar-refractivity contribution in [3.05, 3.63) is 0 Å². The highest BCUT2D eigenvalue weighted by Crippen LogP contribution is 2.28. The fourth-order valence-electron chi connectivity index (χ4n) is 3.05. The van der Waals surface area contributed by atoms with Crippen LogP contribution < -0.4 is 5.73 Å². The molecule has 4 nitrogen and oxygen atoms in total. The third kappa shape index (κ3) is 4.08. The quantitative estimate of drug-likeness (QED) is 0.857. The first-order chi connectivity index (χ1) is 8.12. The van der Waals surface area contributed by atoms with E-state index in [2.05, 4.69) is 0 Å². The topological polar surface area (TPSA) is 63.4 Å². The molecule has 1 aliphatic heterocycles. The fraction of sp³-hybridized carbons (Fsp3) is 1.00. The van der Waals surface area contributed by atoms with Crippen molar-refractivity contribution in [2.24, 2.45) is 17.6 Å². The van der Waals surface area contributed by atoms with Gasteiger partial charge in [0.05, 0.1) is 5.75 Å². The Morgan fingerprint density at radius 3 is 2.28 bits per heavy atom. The molecule has 1 saturated heterocycles. The molecule has 2 aliphatic rings. The van der Waals surface area contributed by atoms with Gasteiger partial charge < -0.3 is 5.73 Å². The molecule has 1 heterocycles. The van der Waals surface area contributed by atoms with E-state index in [-0.39, 0.29) is 12.4 Å². The van der Waals surface area contributed by atoms with Crippen LogP contribution in [0.2, 0.25) is 0 Å². The number of rotatable bonds is 4. The Kier molecular flexibility index (Phi) is 6.38. The standard InChI is InChI=1S/C12H24N2O2S.ClH/c13-8-12-6-3-7-14(9-12)17(15,16)10-11-4-1-2-5-11;/h11-12H,1-10,13H2;1H. The Morgan fingerprint density at radius 1 is 1.06 bits per heavy atom. The summed E-state index contributed by atoms with van der Waals surface area (Å²) in [5.41, 5.74) is 5.65. The van der Waals surface area contributed by atoms with E-state index in [0.29, 0.717) is 37.2 Å². The summed E-state index contributed by atoms with van der Waals surface area (Å²) in [7, 11) is -3.03. The van der Waals surface area contributed by atoms with Crippen LogP contribution in [0.3, 0.4) is 0 Å². The Balaban J connectivity index is 0.00000162. The number of halogens is 1. The molecule has 2 N–H and O–H groups in total. The van der Waals surface area contributed by atoms with E-state index < -0.39 is 10.0 Å². The van der Waals surface area contributed by atoms with Crippen LogP contribution in [0.1, 0.15) is 38.5 Å². The van der Waals surface area contributed by atoms with Gasteiger partial charge in [-0.15, -0.1) is 12.4 Å². The van der Waals surface area contributed by atoms with E-state index in [9.17, 15) is 8.42 Å². The third-order valence-electron chi connectivity index (χ3n) is 4.13. The minimum Gasteiger partial charge on any atom is -0.330 e. The molecule has 0 aromatic rings. The van der Waals surface area contributed by atoms with Gasteiger partial charge >= 0.3 is 0 Å². The molecule has 0 bridgehead atoms. The van der Waals surface area contributed by atoms with Crippen LogP contribution in [-0.4, -0.2) is 38.1 Å². The van der Waals surface area contributed by atoms with Gasteiger partial charge in [-0.3, -0.25) is 0 Å². The minimum absolute atomic E-state index is 0. The molecule has 0 aromatic carbocycles. The van der Waals surface area contributed by atoms with Crippen LogP contribution in [0.15, 0.2) is 0 Å². The fourth-order valence-corrected chi connectivity index (χ4v) is 5.04. The van der Waals surface area contributed by atoms with Gasteiger partial charge in [0.15, 0.2) is 0 Å². The second-order valence-electron chi connectivity index (χ2n) is 5.53. The lowest BCUT2D eigenvalue weighted by Gasteiger charge is -2.32. The zero-order valence-electron chi connectivity index (χ0n) is 10.9. The minimum atomic E-state index is -3.03. The zero-order valence-corrected chi connectivity index (χ0v) is 12.5. The van der Waals surface area contributed by atoms with E-state index in [4.69, 9.17) is 5.73 Å². The normalized spacial score (nSPS) is 27.1. The van der Waals surface area contributed by atoms with Gasteiger partial charge in [-0.2, -0.15) is 0 Å². The van der Waals surface area contributed by atoms with E-state index in [1.807, 2.05) is 0 Å². The van der Waals surface area contributed by atoms with E-state index >= 15 is 0 Å². The van der Waals surface area contributed by atoms with Crippen molar-refractivity contribution in [1.82, 2.24) is 4.31 Å². The molecule has 2 rings (SSSR count). The Morgan fingerprint density at radius 2 is 1.67 bits per heavy atom. The van der Waals surface area contributed by atoms with Gasteiger partial charge in [0.1, 0.15) is 0 Å². The molecule has 0 radical (unpaired) electrons. The molecule has 0 amide bonds. The monoisotopic (exact) mass is 296 g/mol. The molecule has 1 aliphatic carbocycles. The number of hydrogen-bond donors (Lipinski definition) is 1. The van der Waals surface area contributed by atoms with Crippen LogP contribution in [0.5, 0.6) is 0 Å². The molecular formula is C12H25ClN2O2S. The lowest BCUT2D eigenvalue weighted by molar-refractivity contribution is 0.270. The molecule has 0 aromatic heterocycles. The molecule has 2 fully saturated rings. The zero-order chi connectivity index (χ0) is 12.3. The van der Waals surface area contributed by atoms with Crippen LogP contribution in [0, 0.1) is 11.8 Å². The second kappa shape index (κ2) is 7.08. The summed E-state index contributed by atoms with van der Waals surface area (Å²) in [6.07, 6.45) is 6.62.